The molecular weight excluding hydrogens is 370 g/mol. The van der Waals surface area contributed by atoms with E-state index >= 15 is 0 Å². The van der Waals surface area contributed by atoms with E-state index in [2.05, 4.69) is 9.62 Å². The first-order valence-corrected chi connectivity index (χ1v) is 10.1. The highest BCUT2D eigenvalue weighted by Crippen LogP contribution is 2.33. The largest absolute Gasteiger partial charge is 0.490 e. The number of nitro benzene ring substituents is 1. The lowest BCUT2D eigenvalue weighted by Gasteiger charge is -2.30. The van der Waals surface area contributed by atoms with Crippen LogP contribution in [0.1, 0.15) is 19.3 Å². The number of methoxy groups -OCH3 is 1. The minimum atomic E-state index is -3.99. The van der Waals surface area contributed by atoms with Crippen LogP contribution in [-0.2, 0) is 10.0 Å². The molecule has 2 aromatic rings. The van der Waals surface area contributed by atoms with E-state index in [0.717, 1.165) is 37.7 Å². The van der Waals surface area contributed by atoms with Crippen molar-refractivity contribution in [1.29, 1.82) is 0 Å². The smallest absolute Gasteiger partial charge is 0.312 e. The fourth-order valence-electron chi connectivity index (χ4n) is 3.15. The van der Waals surface area contributed by atoms with Gasteiger partial charge in [0.1, 0.15) is 0 Å². The van der Waals surface area contributed by atoms with E-state index in [-0.39, 0.29) is 10.6 Å². The van der Waals surface area contributed by atoms with Gasteiger partial charge in [0.2, 0.25) is 0 Å². The maximum atomic E-state index is 12.8. The number of rotatable bonds is 6. The van der Waals surface area contributed by atoms with Gasteiger partial charge in [-0.1, -0.05) is 12.1 Å². The molecule has 1 aliphatic heterocycles. The molecule has 27 heavy (non-hydrogen) atoms. The molecular formula is C18H21N3O5S. The number of piperidine rings is 1. The van der Waals surface area contributed by atoms with Crippen LogP contribution in [0.3, 0.4) is 0 Å². The van der Waals surface area contributed by atoms with Crippen LogP contribution in [0.25, 0.3) is 0 Å². The average Bonchev–Trinajstić information content (AvgIpc) is 2.68. The Morgan fingerprint density at radius 3 is 2.48 bits per heavy atom. The molecule has 2 aromatic carbocycles. The van der Waals surface area contributed by atoms with Gasteiger partial charge in [-0.25, -0.2) is 8.42 Å². The number of hydrogen-bond acceptors (Lipinski definition) is 6. The number of nitro groups is 1. The Bertz CT molecular complexity index is 940. The molecule has 0 spiro atoms. The van der Waals surface area contributed by atoms with E-state index in [1.54, 1.807) is 12.1 Å². The Labute approximate surface area is 158 Å². The zero-order chi connectivity index (χ0) is 19.4. The van der Waals surface area contributed by atoms with Gasteiger partial charge in [0.15, 0.2) is 5.75 Å². The number of para-hydroxylation sites is 2. The number of nitrogens with one attached hydrogen (secondary N) is 1. The van der Waals surface area contributed by atoms with Crippen molar-refractivity contribution in [2.75, 3.05) is 29.8 Å². The Kier molecular flexibility index (Phi) is 5.50. The van der Waals surface area contributed by atoms with E-state index in [1.165, 1.54) is 25.7 Å². The molecule has 3 rings (SSSR count). The van der Waals surface area contributed by atoms with Crippen LogP contribution >= 0.6 is 0 Å². The number of benzene rings is 2. The van der Waals surface area contributed by atoms with Crippen molar-refractivity contribution in [2.45, 2.75) is 24.2 Å². The van der Waals surface area contributed by atoms with Crippen molar-refractivity contribution in [3.63, 3.8) is 0 Å². The molecule has 0 amide bonds. The maximum Gasteiger partial charge on any atom is 0.312 e. The quantitative estimate of drug-likeness (QED) is 0.598. The monoisotopic (exact) mass is 391 g/mol. The summed E-state index contributed by atoms with van der Waals surface area (Å²) in [7, 11) is -2.70. The standard InChI is InChI=1S/C18H21N3O5S/c1-26-18-10-9-14(13-17(18)21(22)23)27(24,25)19-15-7-3-4-8-16(15)20-11-5-2-6-12-20/h3-4,7-10,13,19H,2,5-6,11-12H2,1H3. The third kappa shape index (κ3) is 4.13. The fourth-order valence-corrected chi connectivity index (χ4v) is 4.25. The van der Waals surface area contributed by atoms with Crippen molar-refractivity contribution in [2.24, 2.45) is 0 Å². The highest BCUT2D eigenvalue weighted by Gasteiger charge is 2.24. The summed E-state index contributed by atoms with van der Waals surface area (Å²) in [6.45, 7) is 1.74. The summed E-state index contributed by atoms with van der Waals surface area (Å²) in [4.78, 5) is 12.5. The van der Waals surface area contributed by atoms with Gasteiger partial charge >= 0.3 is 5.69 Å². The zero-order valence-corrected chi connectivity index (χ0v) is 15.7. The van der Waals surface area contributed by atoms with E-state index in [9.17, 15) is 18.5 Å². The fraction of sp³-hybridized carbons (Fsp3) is 0.333. The van der Waals surface area contributed by atoms with Crippen LogP contribution in [0.2, 0.25) is 0 Å². The first-order valence-electron chi connectivity index (χ1n) is 8.61. The van der Waals surface area contributed by atoms with E-state index in [0.29, 0.717) is 5.69 Å². The summed E-state index contributed by atoms with van der Waals surface area (Å²) in [6.07, 6.45) is 3.29. The van der Waals surface area contributed by atoms with Crippen LogP contribution in [0.5, 0.6) is 5.75 Å². The van der Waals surface area contributed by atoms with Gasteiger partial charge in [-0.15, -0.1) is 0 Å². The van der Waals surface area contributed by atoms with Crippen molar-refractivity contribution < 1.29 is 18.1 Å². The Morgan fingerprint density at radius 2 is 1.81 bits per heavy atom. The molecule has 0 saturated carbocycles. The highest BCUT2D eigenvalue weighted by atomic mass is 32.2. The second kappa shape index (κ2) is 7.83. The van der Waals surface area contributed by atoms with Crippen LogP contribution < -0.4 is 14.4 Å². The molecule has 9 heteroatoms. The van der Waals surface area contributed by atoms with Gasteiger partial charge in [0.25, 0.3) is 10.0 Å². The Morgan fingerprint density at radius 1 is 1.11 bits per heavy atom. The lowest BCUT2D eigenvalue weighted by molar-refractivity contribution is -0.386. The number of nitrogens with zero attached hydrogens (tertiary/aromatic N) is 2. The van der Waals surface area contributed by atoms with Crippen LogP contribution in [0.4, 0.5) is 17.1 Å². The molecule has 1 heterocycles. The SMILES string of the molecule is COc1ccc(S(=O)(=O)Nc2ccccc2N2CCCCC2)cc1[N+](=O)[O-]. The van der Waals surface area contributed by atoms with E-state index in [1.807, 2.05) is 12.1 Å². The van der Waals surface area contributed by atoms with Gasteiger partial charge < -0.3 is 9.64 Å². The molecule has 0 unspecified atom stereocenters. The molecule has 1 N–H and O–H groups in total. The van der Waals surface area contributed by atoms with Crippen molar-refractivity contribution in [3.8, 4) is 5.75 Å². The van der Waals surface area contributed by atoms with E-state index < -0.39 is 20.6 Å². The molecule has 1 aliphatic rings. The van der Waals surface area contributed by atoms with Crippen molar-refractivity contribution in [1.82, 2.24) is 0 Å². The highest BCUT2D eigenvalue weighted by molar-refractivity contribution is 7.92. The summed E-state index contributed by atoms with van der Waals surface area (Å²) in [6, 6.07) is 10.8. The zero-order valence-electron chi connectivity index (χ0n) is 14.9. The predicted molar refractivity (Wildman–Crippen MR) is 103 cm³/mol. The molecule has 0 aromatic heterocycles. The number of hydrogen-bond donors (Lipinski definition) is 1. The topological polar surface area (TPSA) is 102 Å². The van der Waals surface area contributed by atoms with Gasteiger partial charge in [0.05, 0.1) is 28.3 Å². The van der Waals surface area contributed by atoms with Crippen molar-refractivity contribution >= 4 is 27.1 Å². The first-order chi connectivity index (χ1) is 12.9. The molecule has 8 nitrogen and oxygen atoms in total. The number of ether oxygens (including phenoxy) is 1. The minimum Gasteiger partial charge on any atom is -0.490 e. The second-order valence-corrected chi connectivity index (χ2v) is 7.94. The third-order valence-electron chi connectivity index (χ3n) is 4.50. The third-order valence-corrected chi connectivity index (χ3v) is 5.87. The van der Waals surface area contributed by atoms with Crippen molar-refractivity contribution in [3.05, 3.63) is 52.6 Å². The molecule has 0 radical (unpaired) electrons. The van der Waals surface area contributed by atoms with Gasteiger partial charge in [0, 0.05) is 19.2 Å². The molecule has 0 bridgehead atoms. The Balaban J connectivity index is 1.94. The summed E-state index contributed by atoms with van der Waals surface area (Å²) in [5.74, 6) is 0.00710. The Hall–Kier alpha value is -2.81. The normalized spacial score (nSPS) is 14.6. The molecule has 144 valence electrons. The lowest BCUT2D eigenvalue weighted by Crippen LogP contribution is -2.30. The van der Waals surface area contributed by atoms with Crippen LogP contribution in [-0.4, -0.2) is 33.5 Å². The van der Waals surface area contributed by atoms with Gasteiger partial charge in [-0.2, -0.15) is 0 Å². The number of sulfonamides is 1. The molecule has 0 atom stereocenters. The second-order valence-electron chi connectivity index (χ2n) is 6.26. The van der Waals surface area contributed by atoms with Gasteiger partial charge in [-0.05, 0) is 43.5 Å². The first kappa shape index (κ1) is 19.0. The lowest BCUT2D eigenvalue weighted by atomic mass is 10.1. The van der Waals surface area contributed by atoms with E-state index in [4.69, 9.17) is 4.74 Å². The van der Waals surface area contributed by atoms with Crippen LogP contribution in [0.15, 0.2) is 47.4 Å². The minimum absolute atomic E-state index is 0.00710. The maximum absolute atomic E-state index is 12.8. The van der Waals surface area contributed by atoms with Crippen LogP contribution in [0, 0.1) is 10.1 Å². The summed E-state index contributed by atoms with van der Waals surface area (Å²) in [5.41, 5.74) is 0.867. The van der Waals surface area contributed by atoms with Gasteiger partial charge in [-0.3, -0.25) is 14.8 Å². The summed E-state index contributed by atoms with van der Waals surface area (Å²) >= 11 is 0. The number of anilines is 2. The summed E-state index contributed by atoms with van der Waals surface area (Å²) in [5, 5.41) is 11.2. The molecule has 1 saturated heterocycles. The molecule has 0 aliphatic carbocycles. The predicted octanol–water partition coefficient (Wildman–Crippen LogP) is 3.39. The average molecular weight is 391 g/mol. The molecule has 1 fully saturated rings. The summed E-state index contributed by atoms with van der Waals surface area (Å²) < 4.78 is 33.1.